The first-order chi connectivity index (χ1) is 8.29. The standard InChI is InChI=1S/C14H23N3/c1-16-7-9-17(10-8-16)12-14(11-15)13-5-3-2-4-6-13/h2-6,14H,7-12,15H2,1H3/t14-/m0/s1. The van der Waals surface area contributed by atoms with Gasteiger partial charge >= 0.3 is 0 Å². The van der Waals surface area contributed by atoms with Crippen LogP contribution in [0.1, 0.15) is 11.5 Å². The van der Waals surface area contributed by atoms with Crippen LogP contribution in [-0.4, -0.2) is 56.1 Å². The molecule has 1 aliphatic rings. The van der Waals surface area contributed by atoms with Crippen molar-refractivity contribution in [2.75, 3.05) is 46.3 Å². The molecule has 17 heavy (non-hydrogen) atoms. The summed E-state index contributed by atoms with van der Waals surface area (Å²) in [6, 6.07) is 10.6. The van der Waals surface area contributed by atoms with Crippen LogP contribution in [-0.2, 0) is 0 Å². The van der Waals surface area contributed by atoms with Crippen LogP contribution in [0.15, 0.2) is 30.3 Å². The number of benzene rings is 1. The average molecular weight is 233 g/mol. The number of piperazine rings is 1. The molecule has 1 heterocycles. The zero-order chi connectivity index (χ0) is 12.1. The number of nitrogens with two attached hydrogens (primary N) is 1. The quantitative estimate of drug-likeness (QED) is 0.841. The smallest absolute Gasteiger partial charge is 0.0110 e. The molecule has 0 aromatic heterocycles. The van der Waals surface area contributed by atoms with E-state index in [1.807, 2.05) is 0 Å². The van der Waals surface area contributed by atoms with Crippen molar-refractivity contribution in [2.45, 2.75) is 5.92 Å². The van der Waals surface area contributed by atoms with Gasteiger partial charge in [0, 0.05) is 45.2 Å². The molecule has 3 heteroatoms. The molecule has 1 aliphatic heterocycles. The van der Waals surface area contributed by atoms with E-state index in [-0.39, 0.29) is 0 Å². The Labute approximate surface area is 104 Å². The molecular formula is C14H23N3. The van der Waals surface area contributed by atoms with Gasteiger partial charge in [-0.25, -0.2) is 0 Å². The van der Waals surface area contributed by atoms with Crippen molar-refractivity contribution in [3.8, 4) is 0 Å². The molecule has 0 aliphatic carbocycles. The van der Waals surface area contributed by atoms with E-state index >= 15 is 0 Å². The van der Waals surface area contributed by atoms with Crippen molar-refractivity contribution in [1.82, 2.24) is 9.80 Å². The van der Waals surface area contributed by atoms with Crippen molar-refractivity contribution < 1.29 is 0 Å². The number of hydrogen-bond donors (Lipinski definition) is 1. The topological polar surface area (TPSA) is 32.5 Å². The number of rotatable bonds is 4. The Morgan fingerprint density at radius 1 is 1.12 bits per heavy atom. The number of hydrogen-bond acceptors (Lipinski definition) is 3. The fourth-order valence-corrected chi connectivity index (χ4v) is 2.38. The second-order valence-electron chi connectivity index (χ2n) is 4.95. The molecule has 1 atom stereocenters. The number of nitrogens with zero attached hydrogens (tertiary/aromatic N) is 2. The van der Waals surface area contributed by atoms with E-state index in [0.717, 1.165) is 13.1 Å². The predicted molar refractivity (Wildman–Crippen MR) is 72.2 cm³/mol. The van der Waals surface area contributed by atoms with Crippen molar-refractivity contribution in [1.29, 1.82) is 0 Å². The lowest BCUT2D eigenvalue weighted by atomic mass is 9.98. The molecule has 1 aromatic rings. The van der Waals surface area contributed by atoms with Crippen LogP contribution in [0.5, 0.6) is 0 Å². The van der Waals surface area contributed by atoms with Gasteiger partial charge in [-0.2, -0.15) is 0 Å². The first kappa shape index (κ1) is 12.6. The molecule has 2 rings (SSSR count). The van der Waals surface area contributed by atoms with Gasteiger partial charge < -0.3 is 15.5 Å². The highest BCUT2D eigenvalue weighted by atomic mass is 15.2. The molecule has 0 unspecified atom stereocenters. The van der Waals surface area contributed by atoms with E-state index in [1.54, 1.807) is 0 Å². The van der Waals surface area contributed by atoms with E-state index in [4.69, 9.17) is 5.73 Å². The van der Waals surface area contributed by atoms with E-state index in [1.165, 1.54) is 31.7 Å². The zero-order valence-corrected chi connectivity index (χ0v) is 10.7. The van der Waals surface area contributed by atoms with Crippen molar-refractivity contribution in [2.24, 2.45) is 5.73 Å². The molecular weight excluding hydrogens is 210 g/mol. The average Bonchev–Trinajstić information content (AvgIpc) is 2.39. The molecule has 2 N–H and O–H groups in total. The second kappa shape index (κ2) is 6.15. The fraction of sp³-hybridized carbons (Fsp3) is 0.571. The molecule has 0 saturated carbocycles. The third-order valence-corrected chi connectivity index (χ3v) is 3.63. The highest BCUT2D eigenvalue weighted by molar-refractivity contribution is 5.20. The van der Waals surface area contributed by atoms with Crippen molar-refractivity contribution in [3.63, 3.8) is 0 Å². The third-order valence-electron chi connectivity index (χ3n) is 3.63. The Kier molecular flexibility index (Phi) is 4.54. The molecule has 0 amide bonds. The molecule has 0 spiro atoms. The summed E-state index contributed by atoms with van der Waals surface area (Å²) < 4.78 is 0. The maximum absolute atomic E-state index is 5.91. The van der Waals surface area contributed by atoms with E-state index in [9.17, 15) is 0 Å². The Hall–Kier alpha value is -0.900. The van der Waals surface area contributed by atoms with Crippen molar-refractivity contribution >= 4 is 0 Å². The highest BCUT2D eigenvalue weighted by Gasteiger charge is 2.18. The van der Waals surface area contributed by atoms with Crippen LogP contribution in [0.4, 0.5) is 0 Å². The van der Waals surface area contributed by atoms with Gasteiger partial charge in [0.25, 0.3) is 0 Å². The Balaban J connectivity index is 1.92. The van der Waals surface area contributed by atoms with Gasteiger partial charge in [-0.15, -0.1) is 0 Å². The van der Waals surface area contributed by atoms with Crippen LogP contribution < -0.4 is 5.73 Å². The molecule has 1 aromatic carbocycles. The normalized spacial score (nSPS) is 20.4. The number of likely N-dealkylation sites (N-methyl/N-ethyl adjacent to an activating group) is 1. The van der Waals surface area contributed by atoms with Crippen LogP contribution in [0.25, 0.3) is 0 Å². The Morgan fingerprint density at radius 3 is 2.35 bits per heavy atom. The lowest BCUT2D eigenvalue weighted by Gasteiger charge is -2.34. The summed E-state index contributed by atoms with van der Waals surface area (Å²) in [5, 5.41) is 0. The summed E-state index contributed by atoms with van der Waals surface area (Å²) in [6.45, 7) is 6.50. The molecule has 0 radical (unpaired) electrons. The minimum Gasteiger partial charge on any atom is -0.330 e. The lowest BCUT2D eigenvalue weighted by Crippen LogP contribution is -2.46. The van der Waals surface area contributed by atoms with E-state index in [0.29, 0.717) is 5.92 Å². The van der Waals surface area contributed by atoms with Gasteiger partial charge in [0.15, 0.2) is 0 Å². The fourth-order valence-electron chi connectivity index (χ4n) is 2.38. The largest absolute Gasteiger partial charge is 0.330 e. The monoisotopic (exact) mass is 233 g/mol. The van der Waals surface area contributed by atoms with Gasteiger partial charge in [-0.05, 0) is 12.6 Å². The van der Waals surface area contributed by atoms with Crippen molar-refractivity contribution in [3.05, 3.63) is 35.9 Å². The predicted octanol–water partition coefficient (Wildman–Crippen LogP) is 0.976. The van der Waals surface area contributed by atoms with Gasteiger partial charge in [0.1, 0.15) is 0 Å². The van der Waals surface area contributed by atoms with Gasteiger partial charge in [-0.3, -0.25) is 0 Å². The molecule has 3 nitrogen and oxygen atoms in total. The van der Waals surface area contributed by atoms with Gasteiger partial charge in [-0.1, -0.05) is 30.3 Å². The Bertz CT molecular complexity index is 317. The first-order valence-corrected chi connectivity index (χ1v) is 6.45. The summed E-state index contributed by atoms with van der Waals surface area (Å²) in [5.41, 5.74) is 7.28. The summed E-state index contributed by atoms with van der Waals surface area (Å²) in [5.74, 6) is 0.472. The van der Waals surface area contributed by atoms with Crippen LogP contribution in [0.2, 0.25) is 0 Å². The third kappa shape index (κ3) is 3.53. The lowest BCUT2D eigenvalue weighted by molar-refractivity contribution is 0.147. The Morgan fingerprint density at radius 2 is 1.76 bits per heavy atom. The van der Waals surface area contributed by atoms with Gasteiger partial charge in [0.2, 0.25) is 0 Å². The molecule has 0 bridgehead atoms. The maximum Gasteiger partial charge on any atom is 0.0110 e. The summed E-state index contributed by atoms with van der Waals surface area (Å²) in [4.78, 5) is 4.92. The van der Waals surface area contributed by atoms with E-state index in [2.05, 4.69) is 47.2 Å². The van der Waals surface area contributed by atoms with Crippen LogP contribution in [0.3, 0.4) is 0 Å². The first-order valence-electron chi connectivity index (χ1n) is 6.45. The molecule has 94 valence electrons. The minimum absolute atomic E-state index is 0.472. The highest BCUT2D eigenvalue weighted by Crippen LogP contribution is 2.16. The van der Waals surface area contributed by atoms with Crippen LogP contribution in [0, 0.1) is 0 Å². The molecule has 1 saturated heterocycles. The van der Waals surface area contributed by atoms with E-state index < -0.39 is 0 Å². The molecule has 1 fully saturated rings. The maximum atomic E-state index is 5.91. The SMILES string of the molecule is CN1CCN(C[C@H](CN)c2ccccc2)CC1. The van der Waals surface area contributed by atoms with Crippen LogP contribution >= 0.6 is 0 Å². The summed E-state index contributed by atoms with van der Waals surface area (Å²) in [6.07, 6.45) is 0. The summed E-state index contributed by atoms with van der Waals surface area (Å²) >= 11 is 0. The second-order valence-corrected chi connectivity index (χ2v) is 4.95. The summed E-state index contributed by atoms with van der Waals surface area (Å²) in [7, 11) is 2.19. The van der Waals surface area contributed by atoms with Gasteiger partial charge in [0.05, 0.1) is 0 Å². The minimum atomic E-state index is 0.472. The zero-order valence-electron chi connectivity index (χ0n) is 10.7.